The molecule has 0 unspecified atom stereocenters. The zero-order valence-corrected chi connectivity index (χ0v) is 11.8. The summed E-state index contributed by atoms with van der Waals surface area (Å²) in [5.41, 5.74) is 8.00. The Balaban J connectivity index is 2.51. The van der Waals surface area contributed by atoms with Gasteiger partial charge in [-0.15, -0.1) is 0 Å². The highest BCUT2D eigenvalue weighted by Gasteiger charge is 2.13. The first kappa shape index (κ1) is 14.9. The normalized spacial score (nSPS) is 11.6. The van der Waals surface area contributed by atoms with Crippen LogP contribution in [0.1, 0.15) is 51.2 Å². The van der Waals surface area contributed by atoms with Gasteiger partial charge < -0.3 is 5.73 Å². The first-order chi connectivity index (χ1) is 8.43. The predicted octanol–water partition coefficient (Wildman–Crippen LogP) is 3.22. The number of carbonyl (C=O) groups is 1. The summed E-state index contributed by atoms with van der Waals surface area (Å²) in [7, 11) is 0. The summed E-state index contributed by atoms with van der Waals surface area (Å²) in [6.07, 6.45) is 3.05. The highest BCUT2D eigenvalue weighted by Crippen LogP contribution is 2.22. The fraction of sp³-hybridized carbons (Fsp3) is 0.562. The molecule has 2 heteroatoms. The summed E-state index contributed by atoms with van der Waals surface area (Å²) < 4.78 is 0. The van der Waals surface area contributed by atoms with Gasteiger partial charge in [-0.1, -0.05) is 45.0 Å². The number of carbonyl (C=O) groups excluding carboxylic acids is 1. The molecule has 2 nitrogen and oxygen atoms in total. The molecule has 100 valence electrons. The summed E-state index contributed by atoms with van der Waals surface area (Å²) in [6.45, 7) is 7.26. The van der Waals surface area contributed by atoms with Crippen LogP contribution < -0.4 is 5.73 Å². The fourth-order valence-corrected chi connectivity index (χ4v) is 1.91. The molecule has 2 N–H and O–H groups in total. The van der Waals surface area contributed by atoms with Gasteiger partial charge in [0.15, 0.2) is 0 Å². The molecule has 0 bridgehead atoms. The molecule has 0 heterocycles. The molecule has 1 aromatic rings. The quantitative estimate of drug-likeness (QED) is 0.784. The van der Waals surface area contributed by atoms with Crippen LogP contribution in [0.2, 0.25) is 0 Å². The monoisotopic (exact) mass is 247 g/mol. The molecular weight excluding hydrogens is 222 g/mol. The van der Waals surface area contributed by atoms with Crippen LogP contribution >= 0.6 is 0 Å². The number of hydrogen-bond acceptors (Lipinski definition) is 2. The summed E-state index contributed by atoms with van der Waals surface area (Å²) in [5, 5.41) is 0. The maximum absolute atomic E-state index is 11.7. The summed E-state index contributed by atoms with van der Waals surface area (Å²) in [4.78, 5) is 11.7. The third-order valence-corrected chi connectivity index (χ3v) is 3.13. The zero-order chi connectivity index (χ0) is 13.6. The van der Waals surface area contributed by atoms with E-state index in [0.29, 0.717) is 25.2 Å². The molecule has 0 aromatic heterocycles. The third kappa shape index (κ3) is 5.01. The van der Waals surface area contributed by atoms with Crippen LogP contribution in [0.5, 0.6) is 0 Å². The van der Waals surface area contributed by atoms with Crippen molar-refractivity contribution < 1.29 is 4.79 Å². The second-order valence-corrected chi connectivity index (χ2v) is 5.91. The molecule has 0 saturated carbocycles. The topological polar surface area (TPSA) is 43.1 Å². The van der Waals surface area contributed by atoms with Crippen molar-refractivity contribution >= 4 is 5.78 Å². The van der Waals surface area contributed by atoms with Gasteiger partial charge in [-0.2, -0.15) is 0 Å². The average Bonchev–Trinajstić information content (AvgIpc) is 2.29. The van der Waals surface area contributed by atoms with Crippen LogP contribution in [-0.4, -0.2) is 12.3 Å². The summed E-state index contributed by atoms with van der Waals surface area (Å²) in [6, 6.07) is 8.40. The van der Waals surface area contributed by atoms with Gasteiger partial charge in [-0.25, -0.2) is 0 Å². The molecule has 1 aromatic carbocycles. The van der Waals surface area contributed by atoms with Gasteiger partial charge in [0.25, 0.3) is 0 Å². The van der Waals surface area contributed by atoms with Gasteiger partial charge >= 0.3 is 0 Å². The Kier molecular flexibility index (Phi) is 5.54. The smallest absolute Gasteiger partial charge is 0.137 e. The number of rotatable bonds is 6. The van der Waals surface area contributed by atoms with Crippen molar-refractivity contribution in [2.24, 2.45) is 5.73 Å². The highest BCUT2D eigenvalue weighted by atomic mass is 16.1. The standard InChI is InChI=1S/C16H25NO/c1-16(2,3)14-9-7-13(8-10-14)12-15(18)6-4-5-11-17/h7-10H,4-6,11-12,17H2,1-3H3. The predicted molar refractivity (Wildman–Crippen MR) is 76.8 cm³/mol. The number of hydrogen-bond donors (Lipinski definition) is 1. The SMILES string of the molecule is CC(C)(C)c1ccc(CC(=O)CCCCN)cc1. The van der Waals surface area contributed by atoms with Crippen molar-refractivity contribution in [3.05, 3.63) is 35.4 Å². The molecule has 0 spiro atoms. The molecule has 1 rings (SSSR count). The van der Waals surface area contributed by atoms with Crippen LogP contribution in [-0.2, 0) is 16.6 Å². The average molecular weight is 247 g/mol. The molecule has 0 aliphatic rings. The summed E-state index contributed by atoms with van der Waals surface area (Å²) >= 11 is 0. The molecule has 0 amide bonds. The van der Waals surface area contributed by atoms with E-state index in [2.05, 4.69) is 45.0 Å². The molecule has 0 fully saturated rings. The molecule has 18 heavy (non-hydrogen) atoms. The second kappa shape index (κ2) is 6.69. The Hall–Kier alpha value is -1.15. The number of ketones is 1. The van der Waals surface area contributed by atoms with E-state index in [1.54, 1.807) is 0 Å². The fourth-order valence-electron chi connectivity index (χ4n) is 1.91. The Labute approximate surface area is 111 Å². The minimum absolute atomic E-state index is 0.170. The Morgan fingerprint density at radius 3 is 2.22 bits per heavy atom. The van der Waals surface area contributed by atoms with Gasteiger partial charge in [-0.3, -0.25) is 4.79 Å². The van der Waals surface area contributed by atoms with Crippen LogP contribution in [0.3, 0.4) is 0 Å². The lowest BCUT2D eigenvalue weighted by Crippen LogP contribution is -2.11. The third-order valence-electron chi connectivity index (χ3n) is 3.13. The first-order valence-electron chi connectivity index (χ1n) is 6.74. The Morgan fingerprint density at radius 2 is 1.72 bits per heavy atom. The lowest BCUT2D eigenvalue weighted by Gasteiger charge is -2.19. The van der Waals surface area contributed by atoms with Crippen molar-refractivity contribution in [2.75, 3.05) is 6.54 Å². The molecule has 0 radical (unpaired) electrons. The Bertz CT molecular complexity index is 373. The Morgan fingerprint density at radius 1 is 1.11 bits per heavy atom. The van der Waals surface area contributed by atoms with Gasteiger partial charge in [0.05, 0.1) is 0 Å². The maximum Gasteiger partial charge on any atom is 0.137 e. The summed E-state index contributed by atoms with van der Waals surface area (Å²) in [5.74, 6) is 0.312. The second-order valence-electron chi connectivity index (χ2n) is 5.91. The molecule has 0 aliphatic heterocycles. The minimum atomic E-state index is 0.170. The van der Waals surface area contributed by atoms with E-state index < -0.39 is 0 Å². The molecular formula is C16H25NO. The van der Waals surface area contributed by atoms with Crippen molar-refractivity contribution in [3.8, 4) is 0 Å². The van der Waals surface area contributed by atoms with E-state index in [-0.39, 0.29) is 5.41 Å². The van der Waals surface area contributed by atoms with E-state index in [1.807, 2.05) is 0 Å². The largest absolute Gasteiger partial charge is 0.330 e. The maximum atomic E-state index is 11.7. The lowest BCUT2D eigenvalue weighted by atomic mass is 9.86. The van der Waals surface area contributed by atoms with Crippen LogP contribution in [0.15, 0.2) is 24.3 Å². The molecule has 0 saturated heterocycles. The highest BCUT2D eigenvalue weighted by molar-refractivity contribution is 5.80. The van der Waals surface area contributed by atoms with Gasteiger partial charge in [0, 0.05) is 12.8 Å². The number of Topliss-reactive ketones (excluding diaryl/α,β-unsaturated/α-hetero) is 1. The molecule has 0 aliphatic carbocycles. The van der Waals surface area contributed by atoms with E-state index in [0.717, 1.165) is 18.4 Å². The first-order valence-corrected chi connectivity index (χ1v) is 6.74. The van der Waals surface area contributed by atoms with E-state index >= 15 is 0 Å². The van der Waals surface area contributed by atoms with Crippen molar-refractivity contribution in [2.45, 2.75) is 51.9 Å². The number of nitrogens with two attached hydrogens (primary N) is 1. The van der Waals surface area contributed by atoms with Crippen LogP contribution in [0.4, 0.5) is 0 Å². The van der Waals surface area contributed by atoms with Crippen LogP contribution in [0.25, 0.3) is 0 Å². The lowest BCUT2D eigenvalue weighted by molar-refractivity contribution is -0.118. The van der Waals surface area contributed by atoms with E-state index in [1.165, 1.54) is 5.56 Å². The minimum Gasteiger partial charge on any atom is -0.330 e. The van der Waals surface area contributed by atoms with Crippen molar-refractivity contribution in [1.29, 1.82) is 0 Å². The number of benzene rings is 1. The molecule has 0 atom stereocenters. The zero-order valence-electron chi connectivity index (χ0n) is 11.8. The van der Waals surface area contributed by atoms with Gasteiger partial charge in [0.1, 0.15) is 5.78 Å². The van der Waals surface area contributed by atoms with Crippen LogP contribution in [0, 0.1) is 0 Å². The van der Waals surface area contributed by atoms with Gasteiger partial charge in [-0.05, 0) is 35.9 Å². The van der Waals surface area contributed by atoms with Crippen molar-refractivity contribution in [1.82, 2.24) is 0 Å². The van der Waals surface area contributed by atoms with Crippen molar-refractivity contribution in [3.63, 3.8) is 0 Å². The van der Waals surface area contributed by atoms with E-state index in [9.17, 15) is 4.79 Å². The number of unbranched alkanes of at least 4 members (excludes halogenated alkanes) is 1. The van der Waals surface area contributed by atoms with E-state index in [4.69, 9.17) is 5.73 Å². The van der Waals surface area contributed by atoms with Gasteiger partial charge in [0.2, 0.25) is 0 Å².